The lowest BCUT2D eigenvalue weighted by atomic mass is 10.1. The number of hydrogen-bond acceptors (Lipinski definition) is 3. The van der Waals surface area contributed by atoms with Gasteiger partial charge >= 0.3 is 6.03 Å². The molecule has 0 aromatic heterocycles. The Labute approximate surface area is 203 Å². The average Bonchev–Trinajstić information content (AvgIpc) is 3.02. The van der Waals surface area contributed by atoms with Gasteiger partial charge in [0.15, 0.2) is 5.75 Å². The molecule has 0 spiro atoms. The number of benzene rings is 3. The fourth-order valence-electron chi connectivity index (χ4n) is 3.18. The maximum absolute atomic E-state index is 12.7. The lowest BCUT2D eigenvalue weighted by molar-refractivity contribution is -0.123. The molecule has 3 amide bonds. The molecule has 162 valence electrons. The molecular weight excluding hydrogens is 515 g/mol. The monoisotopic (exact) mass is 530 g/mol. The molecule has 0 radical (unpaired) electrons. The molecule has 0 saturated carbocycles. The summed E-state index contributed by atoms with van der Waals surface area (Å²) in [4.78, 5) is 26.2. The van der Waals surface area contributed by atoms with Crippen LogP contribution in [0.4, 0.5) is 4.79 Å². The normalized spacial score (nSPS) is 14.7. The number of hydrogen-bond donors (Lipinski definition) is 1. The minimum absolute atomic E-state index is 0.154. The SMILES string of the molecule is O=C1N/C(=C/c2cc(Cl)c(OCc3ccc(Br)cc3)c(Cl)c2)C(=O)N1Cc1ccccc1. The van der Waals surface area contributed by atoms with Crippen LogP contribution in [0.25, 0.3) is 6.08 Å². The Hall–Kier alpha value is -2.80. The van der Waals surface area contributed by atoms with Gasteiger partial charge in [0.1, 0.15) is 12.3 Å². The van der Waals surface area contributed by atoms with E-state index in [0.717, 1.165) is 20.5 Å². The molecule has 3 aromatic rings. The number of urea groups is 1. The summed E-state index contributed by atoms with van der Waals surface area (Å²) >= 11 is 16.2. The van der Waals surface area contributed by atoms with Gasteiger partial charge < -0.3 is 10.1 Å². The second-order valence-electron chi connectivity index (χ2n) is 7.09. The van der Waals surface area contributed by atoms with E-state index in [2.05, 4.69) is 21.2 Å². The van der Waals surface area contributed by atoms with Gasteiger partial charge in [-0.3, -0.25) is 9.69 Å². The standard InChI is InChI=1S/C24H17BrCl2N2O3/c25-18-8-6-16(7-9-18)14-32-22-19(26)10-17(11-20(22)27)12-21-23(30)29(24(31)28-21)13-15-4-2-1-3-5-15/h1-12H,13-14H2,(H,28,31)/b21-12+. The van der Waals surface area contributed by atoms with Gasteiger partial charge in [-0.25, -0.2) is 4.79 Å². The van der Waals surface area contributed by atoms with E-state index >= 15 is 0 Å². The number of amides is 3. The Kier molecular flexibility index (Phi) is 6.84. The van der Waals surface area contributed by atoms with Gasteiger partial charge in [-0.1, -0.05) is 81.6 Å². The zero-order chi connectivity index (χ0) is 22.7. The van der Waals surface area contributed by atoms with Gasteiger partial charge in [0.25, 0.3) is 5.91 Å². The predicted molar refractivity (Wildman–Crippen MR) is 128 cm³/mol. The molecule has 1 heterocycles. The van der Waals surface area contributed by atoms with Crippen LogP contribution in [0.5, 0.6) is 5.75 Å². The van der Waals surface area contributed by atoms with Crippen molar-refractivity contribution in [3.8, 4) is 5.75 Å². The van der Waals surface area contributed by atoms with Gasteiger partial charge in [-0.05, 0) is 47.0 Å². The van der Waals surface area contributed by atoms with Crippen molar-refractivity contribution >= 4 is 57.1 Å². The summed E-state index contributed by atoms with van der Waals surface area (Å²) in [6.07, 6.45) is 1.54. The molecule has 8 heteroatoms. The Balaban J connectivity index is 1.49. The number of ether oxygens (including phenoxy) is 1. The van der Waals surface area contributed by atoms with Gasteiger partial charge in [0, 0.05) is 4.47 Å². The molecule has 1 aliphatic rings. The first-order valence-corrected chi connectivity index (χ1v) is 11.2. The van der Waals surface area contributed by atoms with Crippen LogP contribution < -0.4 is 10.1 Å². The molecule has 1 aliphatic heterocycles. The first-order valence-electron chi connectivity index (χ1n) is 9.65. The van der Waals surface area contributed by atoms with Crippen LogP contribution in [0.15, 0.2) is 76.9 Å². The van der Waals surface area contributed by atoms with Crippen LogP contribution in [0.1, 0.15) is 16.7 Å². The van der Waals surface area contributed by atoms with Crippen molar-refractivity contribution in [2.75, 3.05) is 0 Å². The van der Waals surface area contributed by atoms with E-state index in [0.29, 0.717) is 28.0 Å². The molecule has 0 atom stereocenters. The largest absolute Gasteiger partial charge is 0.486 e. The lowest BCUT2D eigenvalue weighted by Gasteiger charge is -2.12. The molecule has 32 heavy (non-hydrogen) atoms. The molecule has 3 aromatic carbocycles. The Morgan fingerprint density at radius 3 is 2.25 bits per heavy atom. The third kappa shape index (κ3) is 5.15. The quantitative estimate of drug-likeness (QED) is 0.294. The van der Waals surface area contributed by atoms with Gasteiger partial charge in [0.05, 0.1) is 16.6 Å². The first-order chi connectivity index (χ1) is 15.4. The van der Waals surface area contributed by atoms with E-state index in [-0.39, 0.29) is 12.2 Å². The third-order valence-corrected chi connectivity index (χ3v) is 5.86. The minimum atomic E-state index is -0.475. The fourth-order valence-corrected chi connectivity index (χ4v) is 4.06. The van der Waals surface area contributed by atoms with Gasteiger partial charge in [-0.15, -0.1) is 0 Å². The highest BCUT2D eigenvalue weighted by Gasteiger charge is 2.33. The molecule has 0 unspecified atom stereocenters. The summed E-state index contributed by atoms with van der Waals surface area (Å²) in [6.45, 7) is 0.489. The topological polar surface area (TPSA) is 58.6 Å². The second kappa shape index (κ2) is 9.77. The van der Waals surface area contributed by atoms with Crippen molar-refractivity contribution < 1.29 is 14.3 Å². The predicted octanol–water partition coefficient (Wildman–Crippen LogP) is 6.43. The number of rotatable bonds is 6. The Morgan fingerprint density at radius 2 is 1.59 bits per heavy atom. The molecule has 5 nitrogen and oxygen atoms in total. The molecule has 0 aliphatic carbocycles. The van der Waals surface area contributed by atoms with E-state index in [1.54, 1.807) is 18.2 Å². The van der Waals surface area contributed by atoms with Crippen LogP contribution in [0.3, 0.4) is 0 Å². The van der Waals surface area contributed by atoms with Crippen molar-refractivity contribution in [3.05, 3.63) is 104 Å². The number of halogens is 3. The van der Waals surface area contributed by atoms with Crippen LogP contribution in [0.2, 0.25) is 10.0 Å². The number of imide groups is 1. The highest BCUT2D eigenvalue weighted by molar-refractivity contribution is 9.10. The van der Waals surface area contributed by atoms with Crippen molar-refractivity contribution in [2.24, 2.45) is 0 Å². The molecular formula is C24H17BrCl2N2O3. The summed E-state index contributed by atoms with van der Waals surface area (Å²) in [5, 5.41) is 3.21. The second-order valence-corrected chi connectivity index (χ2v) is 8.82. The highest BCUT2D eigenvalue weighted by atomic mass is 79.9. The maximum atomic E-state index is 12.7. The van der Waals surface area contributed by atoms with E-state index < -0.39 is 11.9 Å². The Bertz CT molecular complexity index is 1170. The fraction of sp³-hybridized carbons (Fsp3) is 0.0833. The zero-order valence-corrected chi connectivity index (χ0v) is 19.7. The number of carbonyl (C=O) groups is 2. The van der Waals surface area contributed by atoms with Crippen molar-refractivity contribution in [2.45, 2.75) is 13.2 Å². The minimum Gasteiger partial charge on any atom is -0.486 e. The summed E-state index contributed by atoms with van der Waals surface area (Å²) in [6, 6.07) is 19.8. The average molecular weight is 532 g/mol. The van der Waals surface area contributed by atoms with Crippen molar-refractivity contribution in [1.29, 1.82) is 0 Å². The smallest absolute Gasteiger partial charge is 0.329 e. The number of nitrogens with one attached hydrogen (secondary N) is 1. The maximum Gasteiger partial charge on any atom is 0.329 e. The summed E-state index contributed by atoms with van der Waals surface area (Å²) in [5.41, 5.74) is 2.54. The van der Waals surface area contributed by atoms with E-state index in [4.69, 9.17) is 27.9 Å². The van der Waals surface area contributed by atoms with E-state index in [1.165, 1.54) is 0 Å². The molecule has 1 fully saturated rings. The number of nitrogens with zero attached hydrogens (tertiary/aromatic N) is 1. The molecule has 1 saturated heterocycles. The lowest BCUT2D eigenvalue weighted by Crippen LogP contribution is -2.30. The van der Waals surface area contributed by atoms with Crippen molar-refractivity contribution in [3.63, 3.8) is 0 Å². The first kappa shape index (κ1) is 22.4. The van der Waals surface area contributed by atoms with E-state index in [1.807, 2.05) is 54.6 Å². The van der Waals surface area contributed by atoms with Crippen LogP contribution in [-0.2, 0) is 17.9 Å². The summed E-state index contributed by atoms with van der Waals surface area (Å²) in [5.74, 6) is -0.0625. The number of carbonyl (C=O) groups excluding carboxylic acids is 2. The van der Waals surface area contributed by atoms with Crippen LogP contribution >= 0.6 is 39.1 Å². The molecule has 0 bridgehead atoms. The van der Waals surface area contributed by atoms with Gasteiger partial charge in [-0.2, -0.15) is 0 Å². The van der Waals surface area contributed by atoms with Crippen LogP contribution in [-0.4, -0.2) is 16.8 Å². The summed E-state index contributed by atoms with van der Waals surface area (Å²) < 4.78 is 6.77. The molecule has 4 rings (SSSR count). The highest BCUT2D eigenvalue weighted by Crippen LogP contribution is 2.35. The molecule has 1 N–H and O–H groups in total. The summed E-state index contributed by atoms with van der Waals surface area (Å²) in [7, 11) is 0. The van der Waals surface area contributed by atoms with E-state index in [9.17, 15) is 9.59 Å². The van der Waals surface area contributed by atoms with Gasteiger partial charge in [0.2, 0.25) is 0 Å². The third-order valence-electron chi connectivity index (χ3n) is 4.77. The Morgan fingerprint density at radius 1 is 0.938 bits per heavy atom. The van der Waals surface area contributed by atoms with Crippen LogP contribution in [0, 0.1) is 0 Å². The zero-order valence-electron chi connectivity index (χ0n) is 16.6. The van der Waals surface area contributed by atoms with Crippen molar-refractivity contribution in [1.82, 2.24) is 10.2 Å².